The van der Waals surface area contributed by atoms with Crippen LogP contribution in [0.3, 0.4) is 0 Å². The highest BCUT2D eigenvalue weighted by molar-refractivity contribution is 6.31. The predicted octanol–water partition coefficient (Wildman–Crippen LogP) is 4.45. The third kappa shape index (κ3) is 4.46. The minimum Gasteiger partial charge on any atom is -0.497 e. The molecule has 0 unspecified atom stereocenters. The third-order valence-corrected chi connectivity index (χ3v) is 4.67. The van der Waals surface area contributed by atoms with Gasteiger partial charge in [-0.3, -0.25) is 4.79 Å². The molecule has 0 aliphatic rings. The molecule has 3 rings (SSSR count). The molecule has 2 aromatic carbocycles. The van der Waals surface area contributed by atoms with Crippen LogP contribution in [0.5, 0.6) is 5.75 Å². The maximum absolute atomic E-state index is 12.5. The number of methoxy groups -OCH3 is 1. The lowest BCUT2D eigenvalue weighted by Crippen LogP contribution is -2.26. The first-order valence-electron chi connectivity index (χ1n) is 8.44. The van der Waals surface area contributed by atoms with Crippen LogP contribution in [0.2, 0.25) is 5.02 Å². The van der Waals surface area contributed by atoms with Gasteiger partial charge in [-0.15, -0.1) is 0 Å². The van der Waals surface area contributed by atoms with Crippen molar-refractivity contribution in [2.24, 2.45) is 0 Å². The fourth-order valence-corrected chi connectivity index (χ4v) is 3.06. The Kier molecular flexibility index (Phi) is 5.97. The Morgan fingerprint density at radius 3 is 2.42 bits per heavy atom. The van der Waals surface area contributed by atoms with Crippen molar-refractivity contribution in [1.29, 1.82) is 0 Å². The number of halogens is 1. The summed E-state index contributed by atoms with van der Waals surface area (Å²) >= 11 is 6.15. The predicted molar refractivity (Wildman–Crippen MR) is 103 cm³/mol. The van der Waals surface area contributed by atoms with Gasteiger partial charge in [0.25, 0.3) is 0 Å². The molecule has 1 atom stereocenters. The number of benzene rings is 2. The van der Waals surface area contributed by atoms with Crippen molar-refractivity contribution in [3.63, 3.8) is 0 Å². The maximum atomic E-state index is 12.5. The van der Waals surface area contributed by atoms with Gasteiger partial charge in [0.1, 0.15) is 5.75 Å². The molecule has 134 valence electrons. The van der Waals surface area contributed by atoms with Crippen molar-refractivity contribution in [3.8, 4) is 5.75 Å². The first-order chi connectivity index (χ1) is 12.7. The lowest BCUT2D eigenvalue weighted by atomic mass is 10.0. The molecule has 3 aromatic rings. The summed E-state index contributed by atoms with van der Waals surface area (Å²) in [7, 11) is 1.64. The van der Waals surface area contributed by atoms with Crippen LogP contribution in [0.4, 0.5) is 0 Å². The van der Waals surface area contributed by atoms with Gasteiger partial charge < -0.3 is 14.6 Å². The van der Waals surface area contributed by atoms with E-state index in [-0.39, 0.29) is 11.9 Å². The van der Waals surface area contributed by atoms with Crippen molar-refractivity contribution in [1.82, 2.24) is 9.88 Å². The second kappa shape index (κ2) is 8.59. The molecule has 5 heteroatoms. The molecule has 1 aromatic heterocycles. The smallest absolute Gasteiger partial charge is 0.222 e. The Bertz CT molecular complexity index is 845. The van der Waals surface area contributed by atoms with Gasteiger partial charge >= 0.3 is 0 Å². The van der Waals surface area contributed by atoms with Gasteiger partial charge in [0.15, 0.2) is 0 Å². The SMILES string of the molecule is COc1ccc([C@H](CC(=O)NCc2ccccc2Cl)n2cccc2)cc1. The Morgan fingerprint density at radius 1 is 1.08 bits per heavy atom. The van der Waals surface area contributed by atoms with Crippen molar-refractivity contribution >= 4 is 17.5 Å². The molecule has 0 saturated heterocycles. The standard InChI is InChI=1S/C21H21ClN2O2/c1-26-18-10-8-16(9-11-18)20(24-12-4-5-13-24)14-21(25)23-15-17-6-2-3-7-19(17)22/h2-13,20H,14-15H2,1H3,(H,23,25)/t20-/m0/s1. The molecule has 26 heavy (non-hydrogen) atoms. The van der Waals surface area contributed by atoms with Gasteiger partial charge in [0.05, 0.1) is 19.6 Å². The van der Waals surface area contributed by atoms with Crippen molar-refractivity contribution in [3.05, 3.63) is 89.2 Å². The van der Waals surface area contributed by atoms with Crippen LogP contribution in [0, 0.1) is 0 Å². The molecule has 0 bridgehead atoms. The van der Waals surface area contributed by atoms with Crippen LogP contribution in [0.1, 0.15) is 23.6 Å². The molecule has 0 saturated carbocycles. The quantitative estimate of drug-likeness (QED) is 0.669. The number of nitrogens with zero attached hydrogens (tertiary/aromatic N) is 1. The molecule has 4 nitrogen and oxygen atoms in total. The van der Waals surface area contributed by atoms with Gasteiger partial charge in [-0.25, -0.2) is 0 Å². The number of nitrogens with one attached hydrogen (secondary N) is 1. The van der Waals surface area contributed by atoms with Crippen molar-refractivity contribution in [2.45, 2.75) is 19.0 Å². The topological polar surface area (TPSA) is 43.3 Å². The third-order valence-electron chi connectivity index (χ3n) is 4.30. The van der Waals surface area contributed by atoms with E-state index < -0.39 is 0 Å². The van der Waals surface area contributed by atoms with Crippen LogP contribution >= 0.6 is 11.6 Å². The van der Waals surface area contributed by atoms with E-state index >= 15 is 0 Å². The average molecular weight is 369 g/mol. The van der Waals surface area contributed by atoms with E-state index in [1.165, 1.54) is 0 Å². The first kappa shape index (κ1) is 18.1. The second-order valence-corrected chi connectivity index (χ2v) is 6.40. The van der Waals surface area contributed by atoms with E-state index in [9.17, 15) is 4.79 Å². The number of carbonyl (C=O) groups excluding carboxylic acids is 1. The van der Waals surface area contributed by atoms with Gasteiger partial charge in [-0.05, 0) is 41.5 Å². The molecular weight excluding hydrogens is 348 g/mol. The summed E-state index contributed by atoms with van der Waals surface area (Å²) in [5.41, 5.74) is 1.96. The summed E-state index contributed by atoms with van der Waals surface area (Å²) in [6.07, 6.45) is 4.28. The fourth-order valence-electron chi connectivity index (χ4n) is 2.86. The van der Waals surface area contributed by atoms with E-state index in [1.807, 2.05) is 77.6 Å². The van der Waals surface area contributed by atoms with Crippen molar-refractivity contribution < 1.29 is 9.53 Å². The molecule has 0 aliphatic heterocycles. The van der Waals surface area contributed by atoms with E-state index in [4.69, 9.17) is 16.3 Å². The van der Waals surface area contributed by atoms with Gasteiger partial charge in [0.2, 0.25) is 5.91 Å². The largest absolute Gasteiger partial charge is 0.497 e. The van der Waals surface area contributed by atoms with Crippen LogP contribution in [-0.2, 0) is 11.3 Å². The van der Waals surface area contributed by atoms with E-state index in [1.54, 1.807) is 7.11 Å². The number of carbonyl (C=O) groups is 1. The number of ether oxygens (including phenoxy) is 1. The normalized spacial score (nSPS) is 11.8. The number of amides is 1. The number of rotatable bonds is 7. The van der Waals surface area contributed by atoms with Crippen molar-refractivity contribution in [2.75, 3.05) is 7.11 Å². The lowest BCUT2D eigenvalue weighted by molar-refractivity contribution is -0.121. The van der Waals surface area contributed by atoms with Crippen LogP contribution < -0.4 is 10.1 Å². The zero-order valence-electron chi connectivity index (χ0n) is 14.6. The number of aromatic nitrogens is 1. The van der Waals surface area contributed by atoms with E-state index in [0.29, 0.717) is 18.0 Å². The molecule has 0 spiro atoms. The lowest BCUT2D eigenvalue weighted by Gasteiger charge is -2.20. The minimum absolute atomic E-state index is 0.0283. The molecule has 1 N–H and O–H groups in total. The van der Waals surface area contributed by atoms with E-state index in [2.05, 4.69) is 5.32 Å². The summed E-state index contributed by atoms with van der Waals surface area (Å²) in [6.45, 7) is 0.416. The Labute approximate surface area is 158 Å². The summed E-state index contributed by atoms with van der Waals surface area (Å²) in [5.74, 6) is 0.766. The highest BCUT2D eigenvalue weighted by atomic mass is 35.5. The highest BCUT2D eigenvalue weighted by Gasteiger charge is 2.17. The maximum Gasteiger partial charge on any atom is 0.222 e. The molecular formula is C21H21ClN2O2. The summed E-state index contributed by atoms with van der Waals surface area (Å²) in [6, 6.07) is 19.2. The minimum atomic E-state index is -0.0813. The summed E-state index contributed by atoms with van der Waals surface area (Å²) in [5, 5.41) is 3.62. The molecule has 1 heterocycles. The zero-order chi connectivity index (χ0) is 18.4. The van der Waals surface area contributed by atoms with E-state index in [0.717, 1.165) is 16.9 Å². The summed E-state index contributed by atoms with van der Waals surface area (Å²) < 4.78 is 7.26. The van der Waals surface area contributed by atoms with Crippen LogP contribution in [0.25, 0.3) is 0 Å². The zero-order valence-corrected chi connectivity index (χ0v) is 15.3. The molecule has 1 amide bonds. The number of hydrogen-bond acceptors (Lipinski definition) is 2. The monoisotopic (exact) mass is 368 g/mol. The Hall–Kier alpha value is -2.72. The molecule has 0 radical (unpaired) electrons. The first-order valence-corrected chi connectivity index (χ1v) is 8.81. The molecule has 0 aliphatic carbocycles. The van der Waals surface area contributed by atoms with Crippen LogP contribution in [0.15, 0.2) is 73.1 Å². The summed E-state index contributed by atoms with van der Waals surface area (Å²) in [4.78, 5) is 12.5. The highest BCUT2D eigenvalue weighted by Crippen LogP contribution is 2.24. The van der Waals surface area contributed by atoms with Gasteiger partial charge in [0, 0.05) is 24.0 Å². The number of hydrogen-bond donors (Lipinski definition) is 1. The fraction of sp³-hybridized carbons (Fsp3) is 0.190. The average Bonchev–Trinajstić information content (AvgIpc) is 3.20. The van der Waals surface area contributed by atoms with Gasteiger partial charge in [-0.2, -0.15) is 0 Å². The Balaban J connectivity index is 1.71. The second-order valence-electron chi connectivity index (χ2n) is 5.99. The Morgan fingerprint density at radius 2 is 1.77 bits per heavy atom. The molecule has 0 fully saturated rings. The van der Waals surface area contributed by atoms with Crippen LogP contribution in [-0.4, -0.2) is 17.6 Å². The van der Waals surface area contributed by atoms with Gasteiger partial charge in [-0.1, -0.05) is 41.9 Å².